The van der Waals surface area contributed by atoms with Crippen molar-refractivity contribution in [3.05, 3.63) is 0 Å². The molecule has 0 bridgehead atoms. The molecule has 1 saturated heterocycles. The summed E-state index contributed by atoms with van der Waals surface area (Å²) in [6.07, 6.45) is 4.79. The predicted molar refractivity (Wildman–Crippen MR) is 70.9 cm³/mol. The summed E-state index contributed by atoms with van der Waals surface area (Å²) in [6.45, 7) is 4.11. The molecule has 1 amide bonds. The molecular formula is C14H26N2O2. The van der Waals surface area contributed by atoms with Crippen LogP contribution in [-0.4, -0.2) is 41.7 Å². The van der Waals surface area contributed by atoms with Crippen molar-refractivity contribution in [1.82, 2.24) is 4.90 Å². The van der Waals surface area contributed by atoms with E-state index in [2.05, 4.69) is 6.92 Å². The van der Waals surface area contributed by atoms with Gasteiger partial charge in [0.2, 0.25) is 5.91 Å². The lowest BCUT2D eigenvalue weighted by atomic mass is 9.79. The Hall–Kier alpha value is -0.610. The van der Waals surface area contributed by atoms with Gasteiger partial charge in [-0.05, 0) is 43.9 Å². The monoisotopic (exact) mass is 254 g/mol. The van der Waals surface area contributed by atoms with Crippen molar-refractivity contribution < 1.29 is 9.90 Å². The lowest BCUT2D eigenvalue weighted by molar-refractivity contribution is -0.136. The van der Waals surface area contributed by atoms with E-state index in [1.807, 2.05) is 4.90 Å². The van der Waals surface area contributed by atoms with Crippen molar-refractivity contribution in [3.63, 3.8) is 0 Å². The number of amides is 1. The lowest BCUT2D eigenvalue weighted by Crippen LogP contribution is -2.42. The number of hydrogen-bond acceptors (Lipinski definition) is 3. The molecule has 1 saturated carbocycles. The van der Waals surface area contributed by atoms with Crippen LogP contribution in [0, 0.1) is 17.8 Å². The molecule has 4 nitrogen and oxygen atoms in total. The van der Waals surface area contributed by atoms with E-state index < -0.39 is 0 Å². The second kappa shape index (κ2) is 6.02. The van der Waals surface area contributed by atoms with E-state index in [9.17, 15) is 4.79 Å². The normalized spacial score (nSPS) is 36.9. The van der Waals surface area contributed by atoms with Gasteiger partial charge in [-0.3, -0.25) is 4.79 Å². The average molecular weight is 254 g/mol. The van der Waals surface area contributed by atoms with Gasteiger partial charge >= 0.3 is 0 Å². The zero-order chi connectivity index (χ0) is 13.1. The van der Waals surface area contributed by atoms with Crippen LogP contribution >= 0.6 is 0 Å². The third-order valence-corrected chi connectivity index (χ3v) is 4.74. The Morgan fingerprint density at radius 1 is 1.39 bits per heavy atom. The number of aliphatic hydroxyl groups excluding tert-OH is 1. The van der Waals surface area contributed by atoms with Gasteiger partial charge in [0.25, 0.3) is 0 Å². The molecule has 1 aliphatic heterocycles. The lowest BCUT2D eigenvalue weighted by Gasteiger charge is -2.33. The minimum Gasteiger partial charge on any atom is -0.396 e. The fraction of sp³-hybridized carbons (Fsp3) is 0.929. The first-order chi connectivity index (χ1) is 8.61. The molecule has 4 atom stereocenters. The molecule has 18 heavy (non-hydrogen) atoms. The molecule has 2 fully saturated rings. The molecular weight excluding hydrogens is 228 g/mol. The quantitative estimate of drug-likeness (QED) is 0.789. The summed E-state index contributed by atoms with van der Waals surface area (Å²) in [7, 11) is 0. The molecule has 1 aliphatic carbocycles. The molecule has 2 aliphatic rings. The van der Waals surface area contributed by atoms with Gasteiger partial charge in [0, 0.05) is 31.7 Å². The van der Waals surface area contributed by atoms with E-state index >= 15 is 0 Å². The molecule has 0 radical (unpaired) electrons. The second-order valence-corrected chi connectivity index (χ2v) is 6.10. The highest BCUT2D eigenvalue weighted by Crippen LogP contribution is 2.30. The summed E-state index contributed by atoms with van der Waals surface area (Å²) < 4.78 is 0. The maximum Gasteiger partial charge on any atom is 0.225 e. The van der Waals surface area contributed by atoms with Crippen molar-refractivity contribution >= 4 is 5.91 Å². The van der Waals surface area contributed by atoms with Crippen LogP contribution in [0.4, 0.5) is 0 Å². The van der Waals surface area contributed by atoms with E-state index in [4.69, 9.17) is 10.8 Å². The SMILES string of the molecule is CC1CCC(C(=O)N2CCC(CCO)C2)CC1N. The van der Waals surface area contributed by atoms with Crippen LogP contribution in [0.5, 0.6) is 0 Å². The fourth-order valence-corrected chi connectivity index (χ4v) is 3.29. The summed E-state index contributed by atoms with van der Waals surface area (Å²) in [4.78, 5) is 14.4. The summed E-state index contributed by atoms with van der Waals surface area (Å²) in [5.41, 5.74) is 6.08. The minimum absolute atomic E-state index is 0.143. The highest BCUT2D eigenvalue weighted by Gasteiger charge is 2.34. The molecule has 1 heterocycles. The Balaban J connectivity index is 1.85. The largest absolute Gasteiger partial charge is 0.396 e. The van der Waals surface area contributed by atoms with Gasteiger partial charge in [-0.15, -0.1) is 0 Å². The maximum atomic E-state index is 12.4. The maximum absolute atomic E-state index is 12.4. The zero-order valence-corrected chi connectivity index (χ0v) is 11.3. The van der Waals surface area contributed by atoms with Gasteiger partial charge in [0.1, 0.15) is 0 Å². The van der Waals surface area contributed by atoms with E-state index in [1.165, 1.54) is 0 Å². The van der Waals surface area contributed by atoms with Crippen molar-refractivity contribution in [3.8, 4) is 0 Å². The van der Waals surface area contributed by atoms with Crippen LogP contribution in [0.3, 0.4) is 0 Å². The van der Waals surface area contributed by atoms with Crippen LogP contribution in [0.2, 0.25) is 0 Å². The Morgan fingerprint density at radius 2 is 2.17 bits per heavy atom. The van der Waals surface area contributed by atoms with Crippen LogP contribution in [0.15, 0.2) is 0 Å². The molecule has 0 aromatic rings. The number of nitrogens with two attached hydrogens (primary N) is 1. The van der Waals surface area contributed by atoms with Gasteiger partial charge in [0.15, 0.2) is 0 Å². The third-order valence-electron chi connectivity index (χ3n) is 4.74. The number of nitrogens with zero attached hydrogens (tertiary/aromatic N) is 1. The van der Waals surface area contributed by atoms with Crippen molar-refractivity contribution in [2.75, 3.05) is 19.7 Å². The van der Waals surface area contributed by atoms with E-state index in [0.29, 0.717) is 17.7 Å². The van der Waals surface area contributed by atoms with Crippen LogP contribution in [0.1, 0.15) is 39.0 Å². The summed E-state index contributed by atoms with van der Waals surface area (Å²) in [6, 6.07) is 0.184. The first-order valence-electron chi connectivity index (χ1n) is 7.27. The molecule has 0 aromatic carbocycles. The van der Waals surface area contributed by atoms with E-state index in [1.54, 1.807) is 0 Å². The Labute approximate surface area is 110 Å². The molecule has 2 rings (SSSR count). The molecule has 104 valence electrons. The van der Waals surface area contributed by atoms with Gasteiger partial charge in [-0.2, -0.15) is 0 Å². The Kier molecular flexibility index (Phi) is 4.62. The number of carbonyl (C=O) groups excluding carboxylic acids is 1. The average Bonchev–Trinajstić information content (AvgIpc) is 2.81. The number of hydrogen-bond donors (Lipinski definition) is 2. The first kappa shape index (κ1) is 13.8. The number of likely N-dealkylation sites (tertiary alicyclic amines) is 1. The van der Waals surface area contributed by atoms with Gasteiger partial charge < -0.3 is 15.7 Å². The van der Waals surface area contributed by atoms with Gasteiger partial charge in [-0.1, -0.05) is 6.92 Å². The predicted octanol–water partition coefficient (Wildman–Crippen LogP) is 0.981. The number of aliphatic hydroxyl groups is 1. The van der Waals surface area contributed by atoms with E-state index in [0.717, 1.165) is 45.2 Å². The molecule has 3 N–H and O–H groups in total. The standard InChI is InChI=1S/C14H26N2O2/c1-10-2-3-12(8-13(10)15)14(18)16-6-4-11(9-16)5-7-17/h10-13,17H,2-9,15H2,1H3. The molecule has 0 spiro atoms. The van der Waals surface area contributed by atoms with Gasteiger partial charge in [-0.25, -0.2) is 0 Å². The summed E-state index contributed by atoms with van der Waals surface area (Å²) in [5.74, 6) is 1.49. The highest BCUT2D eigenvalue weighted by molar-refractivity contribution is 5.79. The zero-order valence-electron chi connectivity index (χ0n) is 11.3. The van der Waals surface area contributed by atoms with Crippen molar-refractivity contribution in [1.29, 1.82) is 0 Å². The van der Waals surface area contributed by atoms with E-state index in [-0.39, 0.29) is 18.6 Å². The molecule has 0 aromatic heterocycles. The minimum atomic E-state index is 0.143. The second-order valence-electron chi connectivity index (χ2n) is 6.10. The number of rotatable bonds is 3. The smallest absolute Gasteiger partial charge is 0.225 e. The summed E-state index contributed by atoms with van der Waals surface area (Å²) in [5, 5.41) is 8.94. The van der Waals surface area contributed by atoms with Crippen LogP contribution < -0.4 is 5.73 Å². The van der Waals surface area contributed by atoms with Crippen LogP contribution in [0.25, 0.3) is 0 Å². The Bertz CT molecular complexity index is 296. The fourth-order valence-electron chi connectivity index (χ4n) is 3.29. The highest BCUT2D eigenvalue weighted by atomic mass is 16.3. The Morgan fingerprint density at radius 3 is 2.83 bits per heavy atom. The third kappa shape index (κ3) is 3.04. The summed E-state index contributed by atoms with van der Waals surface area (Å²) >= 11 is 0. The van der Waals surface area contributed by atoms with Gasteiger partial charge in [0.05, 0.1) is 0 Å². The molecule has 4 unspecified atom stereocenters. The topological polar surface area (TPSA) is 66.6 Å². The van der Waals surface area contributed by atoms with Crippen LogP contribution in [-0.2, 0) is 4.79 Å². The molecule has 4 heteroatoms. The number of carbonyl (C=O) groups is 1. The van der Waals surface area contributed by atoms with Crippen molar-refractivity contribution in [2.45, 2.75) is 45.1 Å². The first-order valence-corrected chi connectivity index (χ1v) is 7.27. The van der Waals surface area contributed by atoms with Crippen molar-refractivity contribution in [2.24, 2.45) is 23.5 Å².